The summed E-state index contributed by atoms with van der Waals surface area (Å²) in [5.74, 6) is -0.417. The second-order valence-corrected chi connectivity index (χ2v) is 6.42. The van der Waals surface area contributed by atoms with Gasteiger partial charge in [0.25, 0.3) is 11.6 Å². The molecule has 0 saturated carbocycles. The van der Waals surface area contributed by atoms with Crippen LogP contribution >= 0.6 is 11.6 Å². The number of hydrogen-bond acceptors (Lipinski definition) is 5. The fourth-order valence-electron chi connectivity index (χ4n) is 2.47. The van der Waals surface area contributed by atoms with Crippen molar-refractivity contribution in [3.05, 3.63) is 38.9 Å². The fourth-order valence-corrected chi connectivity index (χ4v) is 2.68. The summed E-state index contributed by atoms with van der Waals surface area (Å²) in [7, 11) is 0. The average Bonchev–Trinajstić information content (AvgIpc) is 2.53. The number of amides is 1. The molecule has 0 atom stereocenters. The maximum Gasteiger partial charge on any atom is 0.270 e. The van der Waals surface area contributed by atoms with Crippen LogP contribution in [-0.2, 0) is 4.74 Å². The van der Waals surface area contributed by atoms with E-state index in [1.165, 1.54) is 18.2 Å². The predicted octanol–water partition coefficient (Wildman–Crippen LogP) is 2.09. The van der Waals surface area contributed by atoms with Crippen LogP contribution in [0.5, 0.6) is 0 Å². The first kappa shape index (κ1) is 17.7. The molecule has 1 saturated heterocycles. The molecule has 1 aliphatic heterocycles. The number of ether oxygens (including phenoxy) is 1. The molecule has 0 unspecified atom stereocenters. The maximum atomic E-state index is 12.3. The monoisotopic (exact) mass is 341 g/mol. The van der Waals surface area contributed by atoms with Crippen LogP contribution in [0, 0.1) is 10.1 Å². The van der Waals surface area contributed by atoms with Crippen LogP contribution in [0.3, 0.4) is 0 Å². The number of morpholine rings is 1. The zero-order chi connectivity index (χ0) is 17.0. The molecule has 23 heavy (non-hydrogen) atoms. The highest BCUT2D eigenvalue weighted by Crippen LogP contribution is 2.22. The van der Waals surface area contributed by atoms with Gasteiger partial charge in [0.15, 0.2) is 0 Å². The second kappa shape index (κ2) is 7.25. The van der Waals surface area contributed by atoms with Gasteiger partial charge in [-0.15, -0.1) is 0 Å². The van der Waals surface area contributed by atoms with Crippen LogP contribution < -0.4 is 5.32 Å². The van der Waals surface area contributed by atoms with Gasteiger partial charge >= 0.3 is 0 Å². The number of carbonyl (C=O) groups excluding carboxylic acids is 1. The van der Waals surface area contributed by atoms with Crippen LogP contribution in [0.1, 0.15) is 24.2 Å². The van der Waals surface area contributed by atoms with Crippen molar-refractivity contribution in [3.63, 3.8) is 0 Å². The molecule has 1 aromatic rings. The van der Waals surface area contributed by atoms with Crippen LogP contribution in [-0.4, -0.2) is 54.1 Å². The van der Waals surface area contributed by atoms with Crippen molar-refractivity contribution in [3.8, 4) is 0 Å². The molecule has 1 fully saturated rings. The number of non-ortho nitro benzene ring substituents is 1. The summed E-state index contributed by atoms with van der Waals surface area (Å²) in [6, 6.07) is 3.83. The fraction of sp³-hybridized carbons (Fsp3) is 0.533. The SMILES string of the molecule is CC(C)(CNC(=O)c1cc([N+](=O)[O-])ccc1Cl)N1CCOCC1. The number of rotatable bonds is 5. The molecule has 1 amide bonds. The molecule has 1 N–H and O–H groups in total. The molecule has 126 valence electrons. The zero-order valence-electron chi connectivity index (χ0n) is 13.2. The quantitative estimate of drug-likeness (QED) is 0.654. The topological polar surface area (TPSA) is 84.7 Å². The van der Waals surface area contributed by atoms with Crippen molar-refractivity contribution in [2.45, 2.75) is 19.4 Å². The van der Waals surface area contributed by atoms with Crippen molar-refractivity contribution in [1.29, 1.82) is 0 Å². The van der Waals surface area contributed by atoms with Crippen LogP contribution in [0.4, 0.5) is 5.69 Å². The highest BCUT2D eigenvalue weighted by atomic mass is 35.5. The molecule has 2 rings (SSSR count). The third-order valence-electron chi connectivity index (χ3n) is 3.95. The summed E-state index contributed by atoms with van der Waals surface area (Å²) in [6.07, 6.45) is 0. The van der Waals surface area contributed by atoms with Gasteiger partial charge in [-0.2, -0.15) is 0 Å². The number of benzene rings is 1. The van der Waals surface area contributed by atoms with Gasteiger partial charge in [0, 0.05) is 37.3 Å². The number of nitro benzene ring substituents is 1. The molecule has 7 nitrogen and oxygen atoms in total. The summed E-state index contributed by atoms with van der Waals surface area (Å²) in [4.78, 5) is 24.8. The Bertz CT molecular complexity index is 600. The van der Waals surface area contributed by atoms with E-state index in [4.69, 9.17) is 16.3 Å². The number of halogens is 1. The Kier molecular flexibility index (Phi) is 5.56. The van der Waals surface area contributed by atoms with Crippen LogP contribution in [0.15, 0.2) is 18.2 Å². The highest BCUT2D eigenvalue weighted by molar-refractivity contribution is 6.33. The molecule has 0 aliphatic carbocycles. The third kappa shape index (κ3) is 4.40. The molecule has 8 heteroatoms. The second-order valence-electron chi connectivity index (χ2n) is 6.02. The lowest BCUT2D eigenvalue weighted by Crippen LogP contribution is -2.55. The minimum atomic E-state index is -0.551. The standard InChI is InChI=1S/C15H20ClN3O4/c1-15(2,18-5-7-23-8-6-18)10-17-14(20)12-9-11(19(21)22)3-4-13(12)16/h3-4,9H,5-8,10H2,1-2H3,(H,17,20). The summed E-state index contributed by atoms with van der Waals surface area (Å²) >= 11 is 5.98. The van der Waals surface area contributed by atoms with Gasteiger partial charge in [0.1, 0.15) is 0 Å². The summed E-state index contributed by atoms with van der Waals surface area (Å²) in [5.41, 5.74) is -0.294. The number of nitrogens with zero attached hydrogens (tertiary/aromatic N) is 2. The van der Waals surface area contributed by atoms with Gasteiger partial charge < -0.3 is 10.1 Å². The van der Waals surface area contributed by atoms with Gasteiger partial charge in [-0.3, -0.25) is 19.8 Å². The van der Waals surface area contributed by atoms with Gasteiger partial charge in [0.2, 0.25) is 0 Å². The smallest absolute Gasteiger partial charge is 0.270 e. The molecule has 0 spiro atoms. The molecular weight excluding hydrogens is 322 g/mol. The molecule has 1 aromatic carbocycles. The van der Waals surface area contributed by atoms with E-state index in [0.29, 0.717) is 19.8 Å². The van der Waals surface area contributed by atoms with Gasteiger partial charge in [-0.25, -0.2) is 0 Å². The lowest BCUT2D eigenvalue weighted by atomic mass is 10.0. The highest BCUT2D eigenvalue weighted by Gasteiger charge is 2.29. The van der Waals surface area contributed by atoms with E-state index in [2.05, 4.69) is 10.2 Å². The first-order valence-electron chi connectivity index (χ1n) is 7.36. The normalized spacial score (nSPS) is 16.1. The molecule has 1 heterocycles. The molecular formula is C15H20ClN3O4. The van der Waals surface area contributed by atoms with E-state index in [1.54, 1.807) is 0 Å². The molecule has 0 radical (unpaired) electrons. The summed E-state index contributed by atoms with van der Waals surface area (Å²) < 4.78 is 5.33. The maximum absolute atomic E-state index is 12.3. The first-order chi connectivity index (χ1) is 10.8. The minimum Gasteiger partial charge on any atom is -0.379 e. The van der Waals surface area contributed by atoms with Crippen molar-refractivity contribution in [2.75, 3.05) is 32.8 Å². The number of hydrogen-bond donors (Lipinski definition) is 1. The van der Waals surface area contributed by atoms with E-state index in [1.807, 2.05) is 13.8 Å². The Balaban J connectivity index is 2.04. The van der Waals surface area contributed by atoms with Crippen molar-refractivity contribution < 1.29 is 14.5 Å². The van der Waals surface area contributed by atoms with E-state index >= 15 is 0 Å². The number of carbonyl (C=O) groups is 1. The van der Waals surface area contributed by atoms with E-state index in [-0.39, 0.29) is 21.8 Å². The Morgan fingerprint density at radius 2 is 2.09 bits per heavy atom. The van der Waals surface area contributed by atoms with Crippen LogP contribution in [0.2, 0.25) is 5.02 Å². The molecule has 0 bridgehead atoms. The Labute approximate surface area is 139 Å². The Morgan fingerprint density at radius 3 is 2.70 bits per heavy atom. The van der Waals surface area contributed by atoms with Crippen molar-refractivity contribution >= 4 is 23.2 Å². The third-order valence-corrected chi connectivity index (χ3v) is 4.28. The van der Waals surface area contributed by atoms with Crippen molar-refractivity contribution in [1.82, 2.24) is 10.2 Å². The largest absolute Gasteiger partial charge is 0.379 e. The predicted molar refractivity (Wildman–Crippen MR) is 86.9 cm³/mol. The zero-order valence-corrected chi connectivity index (χ0v) is 13.9. The Morgan fingerprint density at radius 1 is 1.43 bits per heavy atom. The van der Waals surface area contributed by atoms with E-state index < -0.39 is 10.8 Å². The van der Waals surface area contributed by atoms with Gasteiger partial charge in [-0.1, -0.05) is 11.6 Å². The first-order valence-corrected chi connectivity index (χ1v) is 7.74. The average molecular weight is 342 g/mol. The van der Waals surface area contributed by atoms with Gasteiger partial charge in [-0.05, 0) is 19.9 Å². The number of nitro groups is 1. The lowest BCUT2D eigenvalue weighted by molar-refractivity contribution is -0.384. The molecule has 1 aliphatic rings. The summed E-state index contributed by atoms with van der Waals surface area (Å²) in [5, 5.41) is 13.8. The summed E-state index contributed by atoms with van der Waals surface area (Å²) in [6.45, 7) is 7.44. The molecule has 0 aromatic heterocycles. The van der Waals surface area contributed by atoms with E-state index in [9.17, 15) is 14.9 Å². The number of nitrogens with one attached hydrogen (secondary N) is 1. The van der Waals surface area contributed by atoms with Crippen molar-refractivity contribution in [2.24, 2.45) is 0 Å². The van der Waals surface area contributed by atoms with Crippen LogP contribution in [0.25, 0.3) is 0 Å². The van der Waals surface area contributed by atoms with Gasteiger partial charge in [0.05, 0.1) is 28.7 Å². The lowest BCUT2D eigenvalue weighted by Gasteiger charge is -2.40. The minimum absolute atomic E-state index is 0.110. The van der Waals surface area contributed by atoms with E-state index in [0.717, 1.165) is 13.1 Å². The Hall–Kier alpha value is -1.70.